The van der Waals surface area contributed by atoms with Gasteiger partial charge in [0.25, 0.3) is 5.91 Å². The third kappa shape index (κ3) is 4.14. The molecule has 3 aromatic rings. The molecule has 1 saturated carbocycles. The second-order valence-electron chi connectivity index (χ2n) is 6.59. The fourth-order valence-corrected chi connectivity index (χ4v) is 4.51. The van der Waals surface area contributed by atoms with E-state index in [1.807, 2.05) is 18.2 Å². The van der Waals surface area contributed by atoms with Crippen LogP contribution in [0, 0.1) is 0 Å². The third-order valence-corrected chi connectivity index (χ3v) is 5.85. The topological polar surface area (TPSA) is 90.1 Å². The van der Waals surface area contributed by atoms with Gasteiger partial charge in [0.05, 0.1) is 10.2 Å². The molecular formula is C19H19ClN4O2S. The summed E-state index contributed by atoms with van der Waals surface area (Å²) in [5, 5.41) is 5.16. The van der Waals surface area contributed by atoms with Crippen molar-refractivity contribution in [1.29, 1.82) is 0 Å². The minimum atomic E-state index is -0.524. The molecule has 0 aliphatic heterocycles. The van der Waals surface area contributed by atoms with Crippen molar-refractivity contribution in [3.05, 3.63) is 47.1 Å². The number of anilines is 1. The Bertz CT molecular complexity index is 969. The van der Waals surface area contributed by atoms with Crippen molar-refractivity contribution in [2.45, 2.75) is 37.8 Å². The Hall–Kier alpha value is -2.38. The number of ether oxygens (including phenoxy) is 1. The van der Waals surface area contributed by atoms with Crippen LogP contribution in [0.15, 0.2) is 36.5 Å². The van der Waals surface area contributed by atoms with Gasteiger partial charge in [-0.15, -0.1) is 0 Å². The number of nitrogens with two attached hydrogens (primary N) is 1. The normalized spacial score (nSPS) is 19.7. The molecule has 1 aliphatic carbocycles. The molecule has 1 aliphatic rings. The van der Waals surface area contributed by atoms with Crippen LogP contribution in [0.25, 0.3) is 10.2 Å². The summed E-state index contributed by atoms with van der Waals surface area (Å²) >= 11 is 7.66. The van der Waals surface area contributed by atoms with Gasteiger partial charge < -0.3 is 15.8 Å². The monoisotopic (exact) mass is 402 g/mol. The highest BCUT2D eigenvalue weighted by Gasteiger charge is 2.24. The van der Waals surface area contributed by atoms with E-state index in [2.05, 4.69) is 15.3 Å². The van der Waals surface area contributed by atoms with E-state index in [0.717, 1.165) is 46.1 Å². The first-order valence-corrected chi connectivity index (χ1v) is 10.0. The molecule has 0 saturated heterocycles. The predicted molar refractivity (Wildman–Crippen MR) is 108 cm³/mol. The standard InChI is InChI=1S/C19H19ClN4O2S/c20-11-3-8-15-16(10-11)27-19(24-15)23-12-4-6-13(7-5-12)26-18-14(17(21)25)2-1-9-22-18/h1-3,8-10,12-13H,4-7H2,(H2,21,25)(H,23,24)/t12-,13-. The number of thiazole rings is 1. The van der Waals surface area contributed by atoms with Gasteiger partial charge in [-0.25, -0.2) is 9.97 Å². The summed E-state index contributed by atoms with van der Waals surface area (Å²) < 4.78 is 7.02. The molecule has 140 valence electrons. The molecule has 2 heterocycles. The number of amides is 1. The number of pyridine rings is 1. The van der Waals surface area contributed by atoms with E-state index in [1.165, 1.54) is 0 Å². The van der Waals surface area contributed by atoms with Gasteiger partial charge in [-0.2, -0.15) is 0 Å². The molecule has 6 nitrogen and oxygen atoms in total. The molecule has 27 heavy (non-hydrogen) atoms. The van der Waals surface area contributed by atoms with E-state index >= 15 is 0 Å². The fraction of sp³-hybridized carbons (Fsp3) is 0.316. The fourth-order valence-electron chi connectivity index (χ4n) is 3.29. The molecule has 1 amide bonds. The van der Waals surface area contributed by atoms with Crippen LogP contribution in [0.1, 0.15) is 36.0 Å². The molecule has 3 N–H and O–H groups in total. The highest BCUT2D eigenvalue weighted by molar-refractivity contribution is 7.22. The summed E-state index contributed by atoms with van der Waals surface area (Å²) in [5.74, 6) is -0.200. The van der Waals surface area contributed by atoms with E-state index < -0.39 is 5.91 Å². The average Bonchev–Trinajstić information content (AvgIpc) is 3.05. The Morgan fingerprint density at radius 1 is 1.26 bits per heavy atom. The maximum absolute atomic E-state index is 11.5. The minimum absolute atomic E-state index is 0.0326. The largest absolute Gasteiger partial charge is 0.474 e. The predicted octanol–water partition coefficient (Wildman–Crippen LogP) is 4.25. The first kappa shape index (κ1) is 18.0. The Morgan fingerprint density at radius 3 is 2.85 bits per heavy atom. The molecule has 1 aromatic carbocycles. The number of halogens is 1. The molecule has 1 fully saturated rings. The Balaban J connectivity index is 1.35. The number of primary amides is 1. The lowest BCUT2D eigenvalue weighted by atomic mass is 9.93. The second-order valence-corrected chi connectivity index (χ2v) is 8.05. The van der Waals surface area contributed by atoms with Crippen LogP contribution in [0.2, 0.25) is 5.02 Å². The van der Waals surface area contributed by atoms with Crippen molar-refractivity contribution < 1.29 is 9.53 Å². The summed E-state index contributed by atoms with van der Waals surface area (Å²) in [5.41, 5.74) is 6.67. The SMILES string of the molecule is NC(=O)c1cccnc1O[C@H]1CC[C@H](Nc2nc3ccc(Cl)cc3s2)CC1. The maximum atomic E-state index is 11.5. The zero-order valence-electron chi connectivity index (χ0n) is 14.5. The molecule has 0 radical (unpaired) electrons. The van der Waals surface area contributed by atoms with Crippen LogP contribution in [0.3, 0.4) is 0 Å². The summed E-state index contributed by atoms with van der Waals surface area (Å²) in [6.45, 7) is 0. The molecule has 2 aromatic heterocycles. The number of aromatic nitrogens is 2. The lowest BCUT2D eigenvalue weighted by Gasteiger charge is -2.29. The second kappa shape index (κ2) is 7.70. The lowest BCUT2D eigenvalue weighted by molar-refractivity contribution is 0.0983. The van der Waals surface area contributed by atoms with E-state index in [0.29, 0.717) is 17.5 Å². The van der Waals surface area contributed by atoms with Crippen LogP contribution in [0.5, 0.6) is 5.88 Å². The van der Waals surface area contributed by atoms with Gasteiger partial charge in [0.15, 0.2) is 5.13 Å². The van der Waals surface area contributed by atoms with E-state index in [-0.39, 0.29) is 6.10 Å². The number of fused-ring (bicyclic) bond motifs is 1. The number of nitrogens with one attached hydrogen (secondary N) is 1. The molecule has 0 bridgehead atoms. The van der Waals surface area contributed by atoms with Gasteiger partial charge in [-0.1, -0.05) is 22.9 Å². The third-order valence-electron chi connectivity index (χ3n) is 4.67. The molecule has 0 unspecified atom stereocenters. The maximum Gasteiger partial charge on any atom is 0.254 e. The van der Waals surface area contributed by atoms with Gasteiger partial charge in [0.2, 0.25) is 5.88 Å². The summed E-state index contributed by atoms with van der Waals surface area (Å²) in [6, 6.07) is 9.39. The Morgan fingerprint density at radius 2 is 2.07 bits per heavy atom. The van der Waals surface area contributed by atoms with Crippen molar-refractivity contribution in [3.63, 3.8) is 0 Å². The quantitative estimate of drug-likeness (QED) is 0.665. The van der Waals surface area contributed by atoms with Gasteiger partial charge >= 0.3 is 0 Å². The Kier molecular flexibility index (Phi) is 5.13. The number of carbonyl (C=O) groups excluding carboxylic acids is 1. The molecule has 0 atom stereocenters. The number of carbonyl (C=O) groups is 1. The van der Waals surface area contributed by atoms with E-state index in [9.17, 15) is 4.79 Å². The summed E-state index contributed by atoms with van der Waals surface area (Å²) in [6.07, 6.45) is 5.31. The van der Waals surface area contributed by atoms with Gasteiger partial charge in [0, 0.05) is 17.3 Å². The number of hydrogen-bond donors (Lipinski definition) is 2. The van der Waals surface area contributed by atoms with Crippen LogP contribution in [-0.4, -0.2) is 28.0 Å². The molecule has 4 rings (SSSR count). The average molecular weight is 403 g/mol. The van der Waals surface area contributed by atoms with Crippen molar-refractivity contribution >= 4 is 44.2 Å². The number of hydrogen-bond acceptors (Lipinski definition) is 6. The Labute approximate surface area is 165 Å². The zero-order chi connectivity index (χ0) is 18.8. The number of rotatable bonds is 5. The van der Waals surface area contributed by atoms with Crippen LogP contribution >= 0.6 is 22.9 Å². The molecule has 8 heteroatoms. The van der Waals surface area contributed by atoms with Crippen LogP contribution in [-0.2, 0) is 0 Å². The first-order valence-electron chi connectivity index (χ1n) is 8.82. The van der Waals surface area contributed by atoms with Crippen molar-refractivity contribution in [1.82, 2.24) is 9.97 Å². The van der Waals surface area contributed by atoms with E-state index in [4.69, 9.17) is 22.1 Å². The van der Waals surface area contributed by atoms with Gasteiger partial charge in [-0.05, 0) is 56.0 Å². The van der Waals surface area contributed by atoms with Crippen LogP contribution in [0.4, 0.5) is 5.13 Å². The molecule has 0 spiro atoms. The molecular weight excluding hydrogens is 384 g/mol. The van der Waals surface area contributed by atoms with Crippen molar-refractivity contribution in [2.24, 2.45) is 5.73 Å². The number of benzene rings is 1. The van der Waals surface area contributed by atoms with E-state index in [1.54, 1.807) is 29.7 Å². The number of nitrogens with zero attached hydrogens (tertiary/aromatic N) is 2. The smallest absolute Gasteiger partial charge is 0.254 e. The first-order chi connectivity index (χ1) is 13.1. The highest BCUT2D eigenvalue weighted by Crippen LogP contribution is 2.31. The lowest BCUT2D eigenvalue weighted by Crippen LogP contribution is -2.31. The summed E-state index contributed by atoms with van der Waals surface area (Å²) in [7, 11) is 0. The highest BCUT2D eigenvalue weighted by atomic mass is 35.5. The van der Waals surface area contributed by atoms with Gasteiger partial charge in [-0.3, -0.25) is 4.79 Å². The van der Waals surface area contributed by atoms with Crippen LogP contribution < -0.4 is 15.8 Å². The van der Waals surface area contributed by atoms with Crippen molar-refractivity contribution in [3.8, 4) is 5.88 Å². The summed E-state index contributed by atoms with van der Waals surface area (Å²) in [4.78, 5) is 20.3. The minimum Gasteiger partial charge on any atom is -0.474 e. The van der Waals surface area contributed by atoms with Crippen molar-refractivity contribution in [2.75, 3.05) is 5.32 Å². The van der Waals surface area contributed by atoms with Gasteiger partial charge in [0.1, 0.15) is 11.7 Å². The zero-order valence-corrected chi connectivity index (χ0v) is 16.1.